The van der Waals surface area contributed by atoms with Gasteiger partial charge in [-0.3, -0.25) is 5.32 Å². The predicted octanol–water partition coefficient (Wildman–Crippen LogP) is 1.99. The highest BCUT2D eigenvalue weighted by atomic mass is 79.9. The summed E-state index contributed by atoms with van der Waals surface area (Å²) >= 11 is 3.28. The van der Waals surface area contributed by atoms with Gasteiger partial charge in [0.05, 0.1) is 6.61 Å². The summed E-state index contributed by atoms with van der Waals surface area (Å²) in [6.45, 7) is -0.171. The number of rotatable bonds is 3. The van der Waals surface area contributed by atoms with Gasteiger partial charge in [0.15, 0.2) is 0 Å². The quantitative estimate of drug-likeness (QED) is 0.873. The molecule has 2 N–H and O–H groups in total. The van der Waals surface area contributed by atoms with Gasteiger partial charge in [0.1, 0.15) is 6.61 Å². The lowest BCUT2D eigenvalue weighted by Crippen LogP contribution is -2.15. The number of amides is 1. The molecule has 0 heterocycles. The lowest BCUT2D eigenvalue weighted by atomic mass is 10.3. The standard InChI is InChI=1S/C9H10BrNO3/c10-7-1-3-8(4-2-7)11-9(13)14-6-5-12/h1-4,12H,5-6H2,(H,11,13). The van der Waals surface area contributed by atoms with Crippen LogP contribution in [0, 0.1) is 0 Å². The van der Waals surface area contributed by atoms with Crippen LogP contribution >= 0.6 is 15.9 Å². The summed E-state index contributed by atoms with van der Waals surface area (Å²) in [7, 11) is 0. The molecule has 4 nitrogen and oxygen atoms in total. The molecule has 0 atom stereocenters. The van der Waals surface area contributed by atoms with Crippen molar-refractivity contribution in [3.05, 3.63) is 28.7 Å². The molecule has 0 saturated heterocycles. The van der Waals surface area contributed by atoms with E-state index in [1.807, 2.05) is 12.1 Å². The van der Waals surface area contributed by atoms with Crippen LogP contribution in [0.5, 0.6) is 0 Å². The lowest BCUT2D eigenvalue weighted by molar-refractivity contribution is 0.131. The number of nitrogens with one attached hydrogen (secondary N) is 1. The van der Waals surface area contributed by atoms with Crippen LogP contribution in [0.2, 0.25) is 0 Å². The summed E-state index contributed by atoms with van der Waals surface area (Å²) < 4.78 is 5.55. The summed E-state index contributed by atoms with van der Waals surface area (Å²) in [5.41, 5.74) is 0.649. The molecule has 14 heavy (non-hydrogen) atoms. The number of hydrogen-bond acceptors (Lipinski definition) is 3. The average molecular weight is 260 g/mol. The number of anilines is 1. The number of carbonyl (C=O) groups excluding carboxylic acids is 1. The number of aliphatic hydroxyl groups is 1. The Morgan fingerprint density at radius 3 is 2.64 bits per heavy atom. The molecule has 0 spiro atoms. The van der Waals surface area contributed by atoms with Crippen molar-refractivity contribution >= 4 is 27.7 Å². The van der Waals surface area contributed by atoms with E-state index in [-0.39, 0.29) is 13.2 Å². The molecule has 0 bridgehead atoms. The molecule has 1 aromatic carbocycles. The number of carbonyl (C=O) groups is 1. The van der Waals surface area contributed by atoms with Crippen LogP contribution in [0.3, 0.4) is 0 Å². The highest BCUT2D eigenvalue weighted by Gasteiger charge is 2.01. The third-order valence-electron chi connectivity index (χ3n) is 1.42. The molecular formula is C9H10BrNO3. The zero-order valence-electron chi connectivity index (χ0n) is 7.37. The summed E-state index contributed by atoms with van der Waals surface area (Å²) in [5.74, 6) is 0. The second-order valence-corrected chi connectivity index (χ2v) is 3.41. The Balaban J connectivity index is 2.44. The van der Waals surface area contributed by atoms with Gasteiger partial charge in [0, 0.05) is 10.2 Å². The maximum absolute atomic E-state index is 11.0. The van der Waals surface area contributed by atoms with Crippen LogP contribution in [-0.2, 0) is 4.74 Å². The van der Waals surface area contributed by atoms with E-state index in [9.17, 15) is 4.79 Å². The third kappa shape index (κ3) is 3.76. The SMILES string of the molecule is O=C(Nc1ccc(Br)cc1)OCCO. The molecule has 0 unspecified atom stereocenters. The molecule has 0 saturated carbocycles. The molecule has 1 amide bonds. The zero-order valence-corrected chi connectivity index (χ0v) is 8.95. The fourth-order valence-corrected chi connectivity index (χ4v) is 1.09. The summed E-state index contributed by atoms with van der Waals surface area (Å²) in [5, 5.41) is 10.9. The Morgan fingerprint density at radius 1 is 1.43 bits per heavy atom. The van der Waals surface area contributed by atoms with Gasteiger partial charge in [0.2, 0.25) is 0 Å². The van der Waals surface area contributed by atoms with E-state index in [1.54, 1.807) is 12.1 Å². The van der Waals surface area contributed by atoms with Crippen molar-refractivity contribution in [2.45, 2.75) is 0 Å². The van der Waals surface area contributed by atoms with Gasteiger partial charge in [0.25, 0.3) is 0 Å². The summed E-state index contributed by atoms with van der Waals surface area (Å²) in [4.78, 5) is 11.0. The highest BCUT2D eigenvalue weighted by molar-refractivity contribution is 9.10. The minimum Gasteiger partial charge on any atom is -0.447 e. The van der Waals surface area contributed by atoms with E-state index in [1.165, 1.54) is 0 Å². The minimum absolute atomic E-state index is 0.00234. The first-order valence-electron chi connectivity index (χ1n) is 4.02. The number of benzene rings is 1. The maximum atomic E-state index is 11.0. The van der Waals surface area contributed by atoms with Gasteiger partial charge in [-0.2, -0.15) is 0 Å². The van der Waals surface area contributed by atoms with Crippen molar-refractivity contribution < 1.29 is 14.6 Å². The van der Waals surface area contributed by atoms with E-state index >= 15 is 0 Å². The average Bonchev–Trinajstić information content (AvgIpc) is 2.18. The molecule has 0 aliphatic rings. The zero-order chi connectivity index (χ0) is 10.4. The van der Waals surface area contributed by atoms with E-state index in [0.717, 1.165) is 4.47 Å². The summed E-state index contributed by atoms with van der Waals surface area (Å²) in [6.07, 6.45) is -0.568. The van der Waals surface area contributed by atoms with Crippen molar-refractivity contribution in [2.24, 2.45) is 0 Å². The van der Waals surface area contributed by atoms with E-state index in [4.69, 9.17) is 5.11 Å². The topological polar surface area (TPSA) is 58.6 Å². The predicted molar refractivity (Wildman–Crippen MR) is 56.2 cm³/mol. The summed E-state index contributed by atoms with van der Waals surface area (Å²) in [6, 6.07) is 7.10. The Hall–Kier alpha value is -1.07. The molecule has 0 fully saturated rings. The Morgan fingerprint density at radius 2 is 2.07 bits per heavy atom. The Labute approximate surface area is 90.0 Å². The van der Waals surface area contributed by atoms with Crippen LogP contribution in [0.1, 0.15) is 0 Å². The van der Waals surface area contributed by atoms with E-state index < -0.39 is 6.09 Å². The minimum atomic E-state index is -0.568. The second kappa shape index (κ2) is 5.62. The molecule has 5 heteroatoms. The monoisotopic (exact) mass is 259 g/mol. The van der Waals surface area contributed by atoms with Crippen molar-refractivity contribution in [3.63, 3.8) is 0 Å². The van der Waals surface area contributed by atoms with Gasteiger partial charge in [-0.1, -0.05) is 15.9 Å². The van der Waals surface area contributed by atoms with Crippen LogP contribution in [0.4, 0.5) is 10.5 Å². The fourth-order valence-electron chi connectivity index (χ4n) is 0.825. The molecule has 0 aliphatic carbocycles. The van der Waals surface area contributed by atoms with Crippen LogP contribution in [0.25, 0.3) is 0 Å². The van der Waals surface area contributed by atoms with Crippen LogP contribution in [-0.4, -0.2) is 24.4 Å². The molecule has 1 aromatic rings. The fraction of sp³-hybridized carbons (Fsp3) is 0.222. The van der Waals surface area contributed by atoms with E-state index in [2.05, 4.69) is 26.0 Å². The molecule has 76 valence electrons. The first-order chi connectivity index (χ1) is 6.72. The number of aliphatic hydroxyl groups excluding tert-OH is 1. The Bertz CT molecular complexity index is 299. The van der Waals surface area contributed by atoms with Crippen molar-refractivity contribution in [3.8, 4) is 0 Å². The number of halogens is 1. The van der Waals surface area contributed by atoms with Crippen LogP contribution in [0.15, 0.2) is 28.7 Å². The maximum Gasteiger partial charge on any atom is 0.411 e. The van der Waals surface area contributed by atoms with Crippen molar-refractivity contribution in [1.82, 2.24) is 0 Å². The van der Waals surface area contributed by atoms with Gasteiger partial charge in [-0.15, -0.1) is 0 Å². The number of ether oxygens (including phenoxy) is 1. The van der Waals surface area contributed by atoms with Gasteiger partial charge >= 0.3 is 6.09 Å². The number of hydrogen-bond donors (Lipinski definition) is 2. The third-order valence-corrected chi connectivity index (χ3v) is 1.94. The Kier molecular flexibility index (Phi) is 4.42. The second-order valence-electron chi connectivity index (χ2n) is 2.49. The molecule has 0 radical (unpaired) electrons. The smallest absolute Gasteiger partial charge is 0.411 e. The first-order valence-corrected chi connectivity index (χ1v) is 4.82. The molecular weight excluding hydrogens is 250 g/mol. The molecule has 0 aromatic heterocycles. The van der Waals surface area contributed by atoms with Gasteiger partial charge in [-0.25, -0.2) is 4.79 Å². The van der Waals surface area contributed by atoms with Crippen LogP contribution < -0.4 is 5.32 Å². The highest BCUT2D eigenvalue weighted by Crippen LogP contribution is 2.13. The molecule has 1 rings (SSSR count). The largest absolute Gasteiger partial charge is 0.447 e. The van der Waals surface area contributed by atoms with Gasteiger partial charge in [-0.05, 0) is 24.3 Å². The van der Waals surface area contributed by atoms with Gasteiger partial charge < -0.3 is 9.84 Å². The lowest BCUT2D eigenvalue weighted by Gasteiger charge is -2.05. The normalized spacial score (nSPS) is 9.57. The molecule has 0 aliphatic heterocycles. The van der Waals surface area contributed by atoms with Crippen molar-refractivity contribution in [2.75, 3.05) is 18.5 Å². The first kappa shape index (κ1) is 11.0. The van der Waals surface area contributed by atoms with E-state index in [0.29, 0.717) is 5.69 Å². The van der Waals surface area contributed by atoms with Crippen molar-refractivity contribution in [1.29, 1.82) is 0 Å².